The van der Waals surface area contributed by atoms with Crippen molar-refractivity contribution >= 4 is 0 Å². The van der Waals surface area contributed by atoms with Crippen LogP contribution in [0.2, 0.25) is 0 Å². The quantitative estimate of drug-likeness (QED) is 0.593. The van der Waals surface area contributed by atoms with E-state index in [2.05, 4.69) is 13.8 Å². The average molecular weight is 131 g/mol. The number of nitrogens with two attached hydrogens (primary N) is 1. The van der Waals surface area contributed by atoms with Gasteiger partial charge in [-0.3, -0.25) is 0 Å². The fourth-order valence-corrected chi connectivity index (χ4v) is 0.997. The van der Waals surface area contributed by atoms with Crippen LogP contribution in [0.25, 0.3) is 0 Å². The van der Waals surface area contributed by atoms with Gasteiger partial charge in [0.1, 0.15) is 0 Å². The van der Waals surface area contributed by atoms with Crippen LogP contribution in [-0.4, -0.2) is 17.3 Å². The summed E-state index contributed by atoms with van der Waals surface area (Å²) >= 11 is 0. The predicted molar refractivity (Wildman–Crippen MR) is 39.1 cm³/mol. The molecule has 2 heteroatoms. The van der Waals surface area contributed by atoms with E-state index in [0.717, 1.165) is 6.42 Å². The molecule has 0 aromatic carbocycles. The van der Waals surface area contributed by atoms with Gasteiger partial charge in [-0.2, -0.15) is 0 Å². The van der Waals surface area contributed by atoms with Crippen LogP contribution < -0.4 is 5.73 Å². The highest BCUT2D eigenvalue weighted by Crippen LogP contribution is 2.11. The van der Waals surface area contributed by atoms with E-state index >= 15 is 0 Å². The number of aliphatic hydroxyl groups is 1. The minimum absolute atomic E-state index is 0.0746. The van der Waals surface area contributed by atoms with Crippen LogP contribution in [0.4, 0.5) is 0 Å². The molecule has 0 unspecified atom stereocenters. The second-order valence-corrected chi connectivity index (χ2v) is 3.41. The van der Waals surface area contributed by atoms with Gasteiger partial charge in [0.05, 0.1) is 6.61 Å². The Balaban J connectivity index is 3.58. The molecule has 0 spiro atoms. The van der Waals surface area contributed by atoms with Crippen LogP contribution in [0.5, 0.6) is 0 Å². The Morgan fingerprint density at radius 1 is 1.56 bits per heavy atom. The molecule has 0 heterocycles. The molecule has 0 aliphatic heterocycles. The van der Waals surface area contributed by atoms with E-state index in [0.29, 0.717) is 5.92 Å². The molecule has 0 fully saturated rings. The second-order valence-electron chi connectivity index (χ2n) is 3.41. The Hall–Kier alpha value is -0.0800. The summed E-state index contributed by atoms with van der Waals surface area (Å²) in [6.45, 7) is 6.14. The maximum absolute atomic E-state index is 8.72. The lowest BCUT2D eigenvalue weighted by Crippen LogP contribution is -2.41. The van der Waals surface area contributed by atoms with E-state index in [1.165, 1.54) is 0 Å². The molecule has 0 rings (SSSR count). The molecule has 9 heavy (non-hydrogen) atoms. The Morgan fingerprint density at radius 2 is 2.00 bits per heavy atom. The zero-order valence-electron chi connectivity index (χ0n) is 6.52. The lowest BCUT2D eigenvalue weighted by molar-refractivity contribution is 0.187. The number of hydrogen-bond acceptors (Lipinski definition) is 2. The van der Waals surface area contributed by atoms with Crippen LogP contribution in [0.3, 0.4) is 0 Å². The van der Waals surface area contributed by atoms with E-state index in [1.807, 2.05) is 6.92 Å². The third-order valence-electron chi connectivity index (χ3n) is 1.24. The highest BCUT2D eigenvalue weighted by Gasteiger charge is 2.17. The van der Waals surface area contributed by atoms with Crippen LogP contribution in [0.1, 0.15) is 27.2 Å². The highest BCUT2D eigenvalue weighted by atomic mass is 16.3. The van der Waals surface area contributed by atoms with Crippen molar-refractivity contribution in [2.75, 3.05) is 6.61 Å². The van der Waals surface area contributed by atoms with Gasteiger partial charge in [-0.1, -0.05) is 13.8 Å². The smallest absolute Gasteiger partial charge is 0.0608 e. The zero-order chi connectivity index (χ0) is 7.49. The van der Waals surface area contributed by atoms with Gasteiger partial charge in [0, 0.05) is 5.54 Å². The summed E-state index contributed by atoms with van der Waals surface area (Å²) in [6, 6.07) is 0. The molecule has 0 aromatic heterocycles. The van der Waals surface area contributed by atoms with Crippen molar-refractivity contribution in [3.63, 3.8) is 0 Å². The lowest BCUT2D eigenvalue weighted by Gasteiger charge is -2.23. The minimum Gasteiger partial charge on any atom is -0.394 e. The molecular weight excluding hydrogens is 114 g/mol. The van der Waals surface area contributed by atoms with Gasteiger partial charge in [0.15, 0.2) is 0 Å². The Morgan fingerprint density at radius 3 is 2.11 bits per heavy atom. The van der Waals surface area contributed by atoms with Crippen LogP contribution >= 0.6 is 0 Å². The molecule has 0 saturated carbocycles. The first-order valence-corrected chi connectivity index (χ1v) is 3.37. The van der Waals surface area contributed by atoms with E-state index in [1.54, 1.807) is 0 Å². The molecule has 0 aromatic rings. The van der Waals surface area contributed by atoms with E-state index in [9.17, 15) is 0 Å². The summed E-state index contributed by atoms with van der Waals surface area (Å²) < 4.78 is 0. The van der Waals surface area contributed by atoms with Gasteiger partial charge in [-0.05, 0) is 19.3 Å². The molecule has 3 N–H and O–H groups in total. The summed E-state index contributed by atoms with van der Waals surface area (Å²) in [5.41, 5.74) is 5.29. The molecule has 0 bridgehead atoms. The molecule has 0 aliphatic rings. The Labute approximate surface area is 57.1 Å². The molecule has 0 aliphatic carbocycles. The van der Waals surface area contributed by atoms with Gasteiger partial charge in [-0.25, -0.2) is 0 Å². The third-order valence-corrected chi connectivity index (χ3v) is 1.24. The standard InChI is InChI=1S/C7H17NO/c1-6(2)4-7(3,8)5-9/h6,9H,4-5,8H2,1-3H3/t7-/m0/s1. The van der Waals surface area contributed by atoms with Gasteiger partial charge < -0.3 is 10.8 Å². The maximum atomic E-state index is 8.72. The van der Waals surface area contributed by atoms with E-state index in [4.69, 9.17) is 10.8 Å². The van der Waals surface area contributed by atoms with Crippen molar-refractivity contribution < 1.29 is 5.11 Å². The van der Waals surface area contributed by atoms with Crippen molar-refractivity contribution in [2.45, 2.75) is 32.7 Å². The predicted octanol–water partition coefficient (Wildman–Crippen LogP) is 0.742. The van der Waals surface area contributed by atoms with Crippen molar-refractivity contribution in [1.82, 2.24) is 0 Å². The molecule has 0 amide bonds. The van der Waals surface area contributed by atoms with Crippen molar-refractivity contribution in [1.29, 1.82) is 0 Å². The van der Waals surface area contributed by atoms with Gasteiger partial charge in [0.25, 0.3) is 0 Å². The highest BCUT2D eigenvalue weighted by molar-refractivity contribution is 4.77. The molecule has 2 nitrogen and oxygen atoms in total. The van der Waals surface area contributed by atoms with Gasteiger partial charge in [-0.15, -0.1) is 0 Å². The lowest BCUT2D eigenvalue weighted by atomic mass is 9.93. The molecule has 56 valence electrons. The Kier molecular flexibility index (Phi) is 3.15. The number of aliphatic hydroxyl groups excluding tert-OH is 1. The van der Waals surface area contributed by atoms with Crippen LogP contribution in [0.15, 0.2) is 0 Å². The maximum Gasteiger partial charge on any atom is 0.0608 e. The fourth-order valence-electron chi connectivity index (χ4n) is 0.997. The average Bonchev–Trinajstić information content (AvgIpc) is 1.63. The number of hydrogen-bond donors (Lipinski definition) is 2. The minimum atomic E-state index is -0.381. The fraction of sp³-hybridized carbons (Fsp3) is 1.00. The monoisotopic (exact) mass is 131 g/mol. The zero-order valence-corrected chi connectivity index (χ0v) is 6.52. The summed E-state index contributed by atoms with van der Waals surface area (Å²) in [7, 11) is 0. The van der Waals surface area contributed by atoms with Crippen molar-refractivity contribution in [2.24, 2.45) is 11.7 Å². The van der Waals surface area contributed by atoms with Gasteiger partial charge in [0.2, 0.25) is 0 Å². The van der Waals surface area contributed by atoms with E-state index in [-0.39, 0.29) is 12.1 Å². The summed E-state index contributed by atoms with van der Waals surface area (Å²) in [5, 5.41) is 8.72. The first-order valence-electron chi connectivity index (χ1n) is 3.37. The largest absolute Gasteiger partial charge is 0.394 e. The summed E-state index contributed by atoms with van der Waals surface area (Å²) in [4.78, 5) is 0. The topological polar surface area (TPSA) is 46.2 Å². The van der Waals surface area contributed by atoms with E-state index < -0.39 is 0 Å². The molecule has 0 radical (unpaired) electrons. The third kappa shape index (κ3) is 4.43. The van der Waals surface area contributed by atoms with Crippen LogP contribution in [-0.2, 0) is 0 Å². The number of rotatable bonds is 3. The molecular formula is C7H17NO. The first-order chi connectivity index (χ1) is 3.98. The van der Waals surface area contributed by atoms with Gasteiger partial charge >= 0.3 is 0 Å². The first kappa shape index (κ1) is 8.92. The van der Waals surface area contributed by atoms with Crippen LogP contribution in [0, 0.1) is 5.92 Å². The second kappa shape index (κ2) is 3.18. The molecule has 1 atom stereocenters. The van der Waals surface area contributed by atoms with Crippen molar-refractivity contribution in [3.8, 4) is 0 Å². The SMILES string of the molecule is CC(C)C[C@](C)(N)CO. The van der Waals surface area contributed by atoms with Crippen molar-refractivity contribution in [3.05, 3.63) is 0 Å². The summed E-state index contributed by atoms with van der Waals surface area (Å²) in [6.07, 6.45) is 0.878. The summed E-state index contributed by atoms with van der Waals surface area (Å²) in [5.74, 6) is 0.562. The molecule has 0 saturated heterocycles. The normalized spacial score (nSPS) is 18.0. The Bertz CT molecular complexity index is 79.0.